The van der Waals surface area contributed by atoms with E-state index in [4.69, 9.17) is 21.1 Å². The van der Waals surface area contributed by atoms with Crippen molar-refractivity contribution in [2.75, 3.05) is 50.6 Å². The highest BCUT2D eigenvalue weighted by molar-refractivity contribution is 6.31. The van der Waals surface area contributed by atoms with Gasteiger partial charge in [-0.3, -0.25) is 9.59 Å². The molecule has 2 aromatic carbocycles. The average Bonchev–Trinajstić information content (AvgIpc) is 2.78. The molecule has 0 aromatic heterocycles. The van der Waals surface area contributed by atoms with E-state index >= 15 is 0 Å². The highest BCUT2D eigenvalue weighted by Crippen LogP contribution is 2.32. The highest BCUT2D eigenvalue weighted by Gasteiger charge is 2.25. The van der Waals surface area contributed by atoms with Crippen molar-refractivity contribution >= 4 is 34.8 Å². The number of methoxy groups -OCH3 is 2. The van der Waals surface area contributed by atoms with Gasteiger partial charge in [0.1, 0.15) is 11.5 Å². The van der Waals surface area contributed by atoms with Crippen LogP contribution in [-0.4, -0.2) is 57.1 Å². The molecule has 8 heteroatoms. The van der Waals surface area contributed by atoms with Crippen LogP contribution in [0.1, 0.15) is 24.2 Å². The van der Waals surface area contributed by atoms with Crippen molar-refractivity contribution < 1.29 is 19.1 Å². The zero-order valence-electron chi connectivity index (χ0n) is 18.3. The molecule has 1 heterocycles. The Balaban J connectivity index is 1.80. The molecule has 1 saturated heterocycles. The van der Waals surface area contributed by atoms with E-state index < -0.39 is 0 Å². The number of anilines is 2. The molecule has 1 fully saturated rings. The lowest BCUT2D eigenvalue weighted by Crippen LogP contribution is -2.50. The Morgan fingerprint density at radius 2 is 1.71 bits per heavy atom. The van der Waals surface area contributed by atoms with E-state index in [1.165, 1.54) is 7.11 Å². The van der Waals surface area contributed by atoms with Crippen LogP contribution in [-0.2, 0) is 4.79 Å². The maximum atomic E-state index is 13.0. The van der Waals surface area contributed by atoms with E-state index in [1.54, 1.807) is 37.4 Å². The predicted octanol–water partition coefficient (Wildman–Crippen LogP) is 3.91. The Labute approximate surface area is 187 Å². The SMILES string of the molecule is COc1ccc(C(=O)Nc2cc(Cl)ccc2N2CCN(C(=O)C(C)C)CC2)c(OC)c1. The molecule has 0 bridgehead atoms. The van der Waals surface area contributed by atoms with Crippen LogP contribution in [0, 0.1) is 5.92 Å². The van der Waals surface area contributed by atoms with Crippen molar-refractivity contribution in [1.82, 2.24) is 4.90 Å². The van der Waals surface area contributed by atoms with Gasteiger partial charge in [-0.15, -0.1) is 0 Å². The molecule has 31 heavy (non-hydrogen) atoms. The number of hydrogen-bond donors (Lipinski definition) is 1. The molecule has 2 amide bonds. The summed E-state index contributed by atoms with van der Waals surface area (Å²) in [7, 11) is 3.07. The first-order valence-electron chi connectivity index (χ1n) is 10.2. The molecule has 0 aliphatic carbocycles. The fraction of sp³-hybridized carbons (Fsp3) is 0.391. The molecule has 0 saturated carbocycles. The Bertz CT molecular complexity index is 956. The first-order chi connectivity index (χ1) is 14.8. The zero-order valence-corrected chi connectivity index (χ0v) is 19.0. The summed E-state index contributed by atoms with van der Waals surface area (Å²) < 4.78 is 10.6. The molecular weight excluding hydrogens is 418 g/mol. The van der Waals surface area contributed by atoms with Crippen molar-refractivity contribution in [3.05, 3.63) is 47.0 Å². The second-order valence-corrected chi connectivity index (χ2v) is 8.09. The van der Waals surface area contributed by atoms with Gasteiger partial charge in [0.05, 0.1) is 31.2 Å². The number of amides is 2. The van der Waals surface area contributed by atoms with Crippen molar-refractivity contribution in [3.63, 3.8) is 0 Å². The lowest BCUT2D eigenvalue weighted by Gasteiger charge is -2.37. The van der Waals surface area contributed by atoms with Crippen LogP contribution in [0.25, 0.3) is 0 Å². The number of nitrogens with one attached hydrogen (secondary N) is 1. The third-order valence-corrected chi connectivity index (χ3v) is 5.52. The first-order valence-corrected chi connectivity index (χ1v) is 10.6. The molecule has 1 N–H and O–H groups in total. The second kappa shape index (κ2) is 9.92. The fourth-order valence-corrected chi connectivity index (χ4v) is 3.76. The number of nitrogens with zero attached hydrogens (tertiary/aromatic N) is 2. The Hall–Kier alpha value is -2.93. The molecule has 166 valence electrons. The van der Waals surface area contributed by atoms with Crippen LogP contribution >= 0.6 is 11.6 Å². The van der Waals surface area contributed by atoms with E-state index in [2.05, 4.69) is 10.2 Å². The van der Waals surface area contributed by atoms with Gasteiger partial charge < -0.3 is 24.6 Å². The molecule has 0 atom stereocenters. The topological polar surface area (TPSA) is 71.1 Å². The van der Waals surface area contributed by atoms with Gasteiger partial charge in [0.15, 0.2) is 0 Å². The third-order valence-electron chi connectivity index (χ3n) is 5.29. The summed E-state index contributed by atoms with van der Waals surface area (Å²) in [6.07, 6.45) is 0. The van der Waals surface area contributed by atoms with Gasteiger partial charge >= 0.3 is 0 Å². The molecule has 1 aliphatic heterocycles. The number of rotatable bonds is 6. The molecule has 0 radical (unpaired) electrons. The largest absolute Gasteiger partial charge is 0.497 e. The summed E-state index contributed by atoms with van der Waals surface area (Å²) in [5.74, 6) is 0.857. The summed E-state index contributed by atoms with van der Waals surface area (Å²) in [5, 5.41) is 3.49. The van der Waals surface area contributed by atoms with E-state index in [-0.39, 0.29) is 17.7 Å². The van der Waals surface area contributed by atoms with Crippen molar-refractivity contribution in [3.8, 4) is 11.5 Å². The third kappa shape index (κ3) is 5.22. The standard InChI is InChI=1S/C23H28ClN3O4/c1-15(2)23(29)27-11-9-26(10-12-27)20-8-5-16(24)13-19(20)25-22(28)18-7-6-17(30-3)14-21(18)31-4/h5-8,13-15H,9-12H2,1-4H3,(H,25,28). The van der Waals surface area contributed by atoms with Crippen molar-refractivity contribution in [2.24, 2.45) is 5.92 Å². The van der Waals surface area contributed by atoms with E-state index in [9.17, 15) is 9.59 Å². The van der Waals surface area contributed by atoms with E-state index in [0.29, 0.717) is 54.0 Å². The maximum absolute atomic E-state index is 13.0. The van der Waals surface area contributed by atoms with Crippen molar-refractivity contribution in [1.29, 1.82) is 0 Å². The van der Waals surface area contributed by atoms with E-state index in [1.807, 2.05) is 24.8 Å². The number of halogens is 1. The molecule has 1 aliphatic rings. The van der Waals surface area contributed by atoms with E-state index in [0.717, 1.165) is 5.69 Å². The Morgan fingerprint density at radius 1 is 1.00 bits per heavy atom. The van der Waals surface area contributed by atoms with Crippen LogP contribution in [0.2, 0.25) is 5.02 Å². The number of piperazine rings is 1. The van der Waals surface area contributed by atoms with Crippen LogP contribution in [0.15, 0.2) is 36.4 Å². The van der Waals surface area contributed by atoms with Crippen LogP contribution in [0.5, 0.6) is 11.5 Å². The van der Waals surface area contributed by atoms with Gasteiger partial charge in [-0.05, 0) is 30.3 Å². The molecule has 0 spiro atoms. The lowest BCUT2D eigenvalue weighted by atomic mass is 10.1. The summed E-state index contributed by atoms with van der Waals surface area (Å²) in [6, 6.07) is 10.5. The van der Waals surface area contributed by atoms with Crippen LogP contribution in [0.3, 0.4) is 0 Å². The monoisotopic (exact) mass is 445 g/mol. The quantitative estimate of drug-likeness (QED) is 0.729. The van der Waals surface area contributed by atoms with Crippen LogP contribution < -0.4 is 19.7 Å². The minimum atomic E-state index is -0.309. The van der Waals surface area contributed by atoms with Gasteiger partial charge in [0.25, 0.3) is 5.91 Å². The number of carbonyl (C=O) groups is 2. The summed E-state index contributed by atoms with van der Waals surface area (Å²) in [6.45, 7) is 6.45. The fourth-order valence-electron chi connectivity index (χ4n) is 3.59. The maximum Gasteiger partial charge on any atom is 0.259 e. The number of hydrogen-bond acceptors (Lipinski definition) is 5. The summed E-state index contributed by atoms with van der Waals surface area (Å²) in [5.41, 5.74) is 1.86. The summed E-state index contributed by atoms with van der Waals surface area (Å²) in [4.78, 5) is 29.3. The number of benzene rings is 2. The molecule has 7 nitrogen and oxygen atoms in total. The first kappa shape index (κ1) is 22.7. The number of carbonyl (C=O) groups excluding carboxylic acids is 2. The highest BCUT2D eigenvalue weighted by atomic mass is 35.5. The normalized spacial score (nSPS) is 13.9. The van der Waals surface area contributed by atoms with Crippen LogP contribution in [0.4, 0.5) is 11.4 Å². The Kier molecular flexibility index (Phi) is 7.28. The Morgan fingerprint density at radius 3 is 2.32 bits per heavy atom. The second-order valence-electron chi connectivity index (χ2n) is 7.65. The minimum Gasteiger partial charge on any atom is -0.497 e. The van der Waals surface area contributed by atoms with Crippen molar-refractivity contribution in [2.45, 2.75) is 13.8 Å². The lowest BCUT2D eigenvalue weighted by molar-refractivity contribution is -0.134. The molecule has 2 aromatic rings. The van der Waals surface area contributed by atoms with Gasteiger partial charge in [-0.25, -0.2) is 0 Å². The van der Waals surface area contributed by atoms with Gasteiger partial charge in [-0.1, -0.05) is 25.4 Å². The molecule has 0 unspecified atom stereocenters. The van der Waals surface area contributed by atoms with Gasteiger partial charge in [-0.2, -0.15) is 0 Å². The molecule has 3 rings (SSSR count). The smallest absolute Gasteiger partial charge is 0.259 e. The van der Waals surface area contributed by atoms with Gasteiger partial charge in [0.2, 0.25) is 5.91 Å². The zero-order chi connectivity index (χ0) is 22.5. The number of ether oxygens (including phenoxy) is 2. The average molecular weight is 446 g/mol. The minimum absolute atomic E-state index is 0.0172. The molecular formula is C23H28ClN3O4. The van der Waals surface area contributed by atoms with Gasteiger partial charge in [0, 0.05) is 43.2 Å². The summed E-state index contributed by atoms with van der Waals surface area (Å²) >= 11 is 6.22. The predicted molar refractivity (Wildman–Crippen MR) is 123 cm³/mol.